The molecule has 3 amide bonds. The fraction of sp³-hybridized carbons (Fsp3) is 0.838. The summed E-state index contributed by atoms with van der Waals surface area (Å²) < 4.78 is 16.5. The summed E-state index contributed by atoms with van der Waals surface area (Å²) in [6, 6.07) is -1.33. The van der Waals surface area contributed by atoms with Crippen molar-refractivity contribution in [3.63, 3.8) is 0 Å². The van der Waals surface area contributed by atoms with Crippen LogP contribution in [0.2, 0.25) is 0 Å². The summed E-state index contributed by atoms with van der Waals surface area (Å²) >= 11 is 0. The van der Waals surface area contributed by atoms with Gasteiger partial charge in [-0.3, -0.25) is 14.4 Å². The summed E-state index contributed by atoms with van der Waals surface area (Å²) in [6.07, 6.45) is 23.2. The lowest BCUT2D eigenvalue weighted by atomic mass is 10.0. The highest BCUT2D eigenvalue weighted by Gasteiger charge is 2.35. The smallest absolute Gasteiger partial charge is 0.243 e. The Morgan fingerprint density at radius 1 is 0.857 bits per heavy atom. The molecule has 2 rings (SSSR count). The number of aromatic nitrogens is 2. The maximum atomic E-state index is 13.4. The minimum atomic E-state index is -0.784. The van der Waals surface area contributed by atoms with Crippen LogP contribution in [0, 0.1) is 0 Å². The van der Waals surface area contributed by atoms with E-state index >= 15 is 0 Å². The number of nitrogens with two attached hydrogens (primary N) is 1. The summed E-state index contributed by atoms with van der Waals surface area (Å²) in [5.41, 5.74) is 6.18. The number of hydrogen-bond acceptors (Lipinski definition) is 8. The van der Waals surface area contributed by atoms with E-state index in [9.17, 15) is 14.4 Å². The number of carbonyl (C=O) groups is 3. The lowest BCUT2D eigenvalue weighted by Gasteiger charge is -2.26. The van der Waals surface area contributed by atoms with Gasteiger partial charge < -0.3 is 40.5 Å². The number of H-pyrrole nitrogens is 1. The lowest BCUT2D eigenvalue weighted by molar-refractivity contribution is -0.139. The van der Waals surface area contributed by atoms with Gasteiger partial charge in [0.2, 0.25) is 17.7 Å². The second-order valence-corrected chi connectivity index (χ2v) is 13.2. The summed E-state index contributed by atoms with van der Waals surface area (Å²) in [7, 11) is 0. The topological polar surface area (TPSA) is 161 Å². The molecule has 2 heterocycles. The Morgan fingerprint density at radius 2 is 1.45 bits per heavy atom. The van der Waals surface area contributed by atoms with Gasteiger partial charge >= 0.3 is 0 Å². The van der Waals surface area contributed by atoms with Crippen LogP contribution in [-0.4, -0.2) is 104 Å². The fourth-order valence-corrected chi connectivity index (χ4v) is 6.11. The van der Waals surface area contributed by atoms with Crippen LogP contribution in [0.15, 0.2) is 12.5 Å². The zero-order valence-electron chi connectivity index (χ0n) is 30.5. The molecule has 2 atom stereocenters. The van der Waals surface area contributed by atoms with Gasteiger partial charge in [-0.25, -0.2) is 4.98 Å². The van der Waals surface area contributed by atoms with Crippen LogP contribution in [0.1, 0.15) is 128 Å². The molecule has 1 aromatic heterocycles. The van der Waals surface area contributed by atoms with Gasteiger partial charge in [-0.1, -0.05) is 84.0 Å². The Labute approximate surface area is 295 Å². The third-order valence-corrected chi connectivity index (χ3v) is 8.98. The van der Waals surface area contributed by atoms with Crippen molar-refractivity contribution in [3.05, 3.63) is 18.2 Å². The van der Waals surface area contributed by atoms with E-state index in [0.29, 0.717) is 78.5 Å². The molecule has 1 saturated heterocycles. The maximum absolute atomic E-state index is 13.4. The van der Waals surface area contributed by atoms with Gasteiger partial charge in [-0.15, -0.1) is 0 Å². The van der Waals surface area contributed by atoms with Crippen LogP contribution < -0.4 is 16.4 Å². The minimum absolute atomic E-state index is 0.0385. The van der Waals surface area contributed by atoms with Crippen molar-refractivity contribution in [1.82, 2.24) is 25.5 Å². The fourth-order valence-electron chi connectivity index (χ4n) is 6.11. The van der Waals surface area contributed by atoms with Crippen molar-refractivity contribution in [3.8, 4) is 0 Å². The number of hydrogen-bond donors (Lipinski definition) is 4. The molecule has 282 valence electrons. The second-order valence-electron chi connectivity index (χ2n) is 13.2. The van der Waals surface area contributed by atoms with Crippen LogP contribution in [0.25, 0.3) is 0 Å². The highest BCUT2D eigenvalue weighted by Crippen LogP contribution is 2.20. The molecule has 1 fully saturated rings. The number of rotatable bonds is 32. The molecule has 1 aliphatic rings. The Bertz CT molecular complexity index is 965. The molecule has 0 radical (unpaired) electrons. The Hall–Kier alpha value is -2.54. The van der Waals surface area contributed by atoms with Gasteiger partial charge in [-0.05, 0) is 38.6 Å². The lowest BCUT2D eigenvalue weighted by Crippen LogP contribution is -2.54. The number of carbonyl (C=O) groups excluding carboxylic acids is 3. The second kappa shape index (κ2) is 29.2. The third kappa shape index (κ3) is 20.7. The normalized spacial score (nSPS) is 15.1. The van der Waals surface area contributed by atoms with E-state index in [1.54, 1.807) is 17.4 Å². The van der Waals surface area contributed by atoms with Gasteiger partial charge in [0.1, 0.15) is 12.1 Å². The Morgan fingerprint density at radius 3 is 2.04 bits per heavy atom. The van der Waals surface area contributed by atoms with E-state index in [-0.39, 0.29) is 24.1 Å². The van der Waals surface area contributed by atoms with Crippen molar-refractivity contribution in [2.24, 2.45) is 5.73 Å². The summed E-state index contributed by atoms with van der Waals surface area (Å²) in [5.74, 6) is -0.510. The monoisotopic (exact) mass is 693 g/mol. The number of nitrogens with zero attached hydrogens (tertiary/aromatic N) is 2. The maximum Gasteiger partial charge on any atom is 0.243 e. The predicted molar refractivity (Wildman–Crippen MR) is 193 cm³/mol. The average Bonchev–Trinajstić information content (AvgIpc) is 3.81. The molecule has 12 heteroatoms. The molecule has 1 aliphatic heterocycles. The SMILES string of the molecule is CCCCCCCCCCCCCCCC(=O)N1CCCC1C(=O)NC(Cc1cnc[nH]1)C(=O)NCCCOCCOCCOCCCN. The van der Waals surface area contributed by atoms with E-state index in [4.69, 9.17) is 19.9 Å². The first kappa shape index (κ1) is 42.6. The number of nitrogens with one attached hydrogen (secondary N) is 3. The van der Waals surface area contributed by atoms with Crippen LogP contribution >= 0.6 is 0 Å². The van der Waals surface area contributed by atoms with Crippen molar-refractivity contribution in [1.29, 1.82) is 0 Å². The molecule has 0 aliphatic carbocycles. The number of unbranched alkanes of at least 4 members (excludes halogenated alkanes) is 12. The van der Waals surface area contributed by atoms with Gasteiger partial charge in [0.15, 0.2) is 0 Å². The highest BCUT2D eigenvalue weighted by molar-refractivity contribution is 5.92. The van der Waals surface area contributed by atoms with Crippen LogP contribution in [0.3, 0.4) is 0 Å². The van der Waals surface area contributed by atoms with E-state index in [1.165, 1.54) is 64.2 Å². The largest absolute Gasteiger partial charge is 0.379 e. The highest BCUT2D eigenvalue weighted by atomic mass is 16.5. The zero-order valence-corrected chi connectivity index (χ0v) is 30.5. The number of ether oxygens (including phenoxy) is 3. The molecule has 0 aromatic carbocycles. The molecule has 0 bridgehead atoms. The van der Waals surface area contributed by atoms with E-state index in [1.807, 2.05) is 0 Å². The molecule has 49 heavy (non-hydrogen) atoms. The first-order valence-corrected chi connectivity index (χ1v) is 19.3. The predicted octanol–water partition coefficient (Wildman–Crippen LogP) is 4.81. The first-order valence-electron chi connectivity index (χ1n) is 19.3. The van der Waals surface area contributed by atoms with Crippen molar-refractivity contribution in [2.75, 3.05) is 59.3 Å². The zero-order chi connectivity index (χ0) is 35.2. The molecule has 1 aromatic rings. The number of likely N-dealkylation sites (tertiary alicyclic amines) is 1. The standard InChI is InChI=1S/C37H68N6O6/c1-2-3-4-5-6-7-8-9-10-11-12-13-14-19-35(44)43-22-15-18-34(43)37(46)42-33(29-32-30-39-31-41-32)36(45)40-21-17-24-48-26-28-49-27-25-47-23-16-20-38/h30-31,33-34H,2-29,38H2,1H3,(H,39,41)(H,40,45)(H,42,46). The van der Waals surface area contributed by atoms with Gasteiger partial charge in [0.05, 0.1) is 32.8 Å². The summed E-state index contributed by atoms with van der Waals surface area (Å²) in [5, 5.41) is 5.86. The number of imidazole rings is 1. The van der Waals surface area contributed by atoms with Crippen LogP contribution in [0.4, 0.5) is 0 Å². The third-order valence-electron chi connectivity index (χ3n) is 8.98. The average molecular weight is 693 g/mol. The Kier molecular flexibility index (Phi) is 25.4. The van der Waals surface area contributed by atoms with Crippen molar-refractivity contribution in [2.45, 2.75) is 141 Å². The molecule has 12 nitrogen and oxygen atoms in total. The molecule has 2 unspecified atom stereocenters. The van der Waals surface area contributed by atoms with Crippen LogP contribution in [-0.2, 0) is 35.0 Å². The quantitative estimate of drug-likeness (QED) is 0.0783. The van der Waals surface area contributed by atoms with Gasteiger partial charge in [0, 0.05) is 51.0 Å². The first-order chi connectivity index (χ1) is 24.1. The minimum Gasteiger partial charge on any atom is -0.379 e. The summed E-state index contributed by atoms with van der Waals surface area (Å²) in [6.45, 7) is 6.99. The van der Waals surface area contributed by atoms with Crippen molar-refractivity contribution >= 4 is 17.7 Å². The Balaban J connectivity index is 1.63. The van der Waals surface area contributed by atoms with Crippen molar-refractivity contribution < 1.29 is 28.6 Å². The molecular weight excluding hydrogens is 624 g/mol. The van der Waals surface area contributed by atoms with E-state index in [2.05, 4.69) is 27.5 Å². The van der Waals surface area contributed by atoms with Crippen LogP contribution in [0.5, 0.6) is 0 Å². The molecular formula is C37H68N6O6. The van der Waals surface area contributed by atoms with E-state index in [0.717, 1.165) is 37.8 Å². The summed E-state index contributed by atoms with van der Waals surface area (Å²) in [4.78, 5) is 48.5. The molecule has 0 spiro atoms. The number of aromatic amines is 1. The van der Waals surface area contributed by atoms with Gasteiger partial charge in [-0.2, -0.15) is 0 Å². The van der Waals surface area contributed by atoms with E-state index < -0.39 is 12.1 Å². The van der Waals surface area contributed by atoms with Gasteiger partial charge in [0.25, 0.3) is 0 Å². The molecule has 0 saturated carbocycles. The molecule has 5 N–H and O–H groups in total. The number of amides is 3.